The molecule has 0 heterocycles. The van der Waals surface area contributed by atoms with Crippen LogP contribution in [-0.4, -0.2) is 34.7 Å². The molecule has 6 nitrogen and oxygen atoms in total. The number of carbonyl (C=O) groups is 3. The maximum Gasteiger partial charge on any atom is 0.307 e. The molecule has 0 radical (unpaired) electrons. The Kier molecular flexibility index (Phi) is 5.28. The lowest BCUT2D eigenvalue weighted by atomic mass is 10.0. The van der Waals surface area contributed by atoms with Gasteiger partial charge < -0.3 is 14.9 Å². The first-order valence-electron chi connectivity index (χ1n) is 4.01. The largest absolute Gasteiger partial charge is 0.481 e. The zero-order valence-corrected chi connectivity index (χ0v) is 7.73. The zero-order valence-electron chi connectivity index (χ0n) is 7.73. The molecule has 0 amide bonds. The highest BCUT2D eigenvalue weighted by atomic mass is 16.5. The first-order chi connectivity index (χ1) is 6.43. The van der Waals surface area contributed by atoms with E-state index in [-0.39, 0.29) is 13.0 Å². The number of ether oxygens (including phenoxy) is 1. The van der Waals surface area contributed by atoms with Gasteiger partial charge in [0.25, 0.3) is 0 Å². The van der Waals surface area contributed by atoms with E-state index < -0.39 is 30.2 Å². The summed E-state index contributed by atoms with van der Waals surface area (Å²) in [6, 6.07) is 0. The molecule has 0 aliphatic heterocycles. The van der Waals surface area contributed by atoms with Gasteiger partial charge in [0.05, 0.1) is 18.9 Å². The third-order valence-corrected chi connectivity index (χ3v) is 1.54. The molecule has 2 N–H and O–H groups in total. The van der Waals surface area contributed by atoms with Gasteiger partial charge in [-0.3, -0.25) is 14.4 Å². The summed E-state index contributed by atoms with van der Waals surface area (Å²) >= 11 is 0. The smallest absolute Gasteiger partial charge is 0.307 e. The minimum Gasteiger partial charge on any atom is -0.481 e. The lowest BCUT2D eigenvalue weighted by Gasteiger charge is -2.08. The number of hydrogen-bond donors (Lipinski definition) is 2. The Morgan fingerprint density at radius 2 is 1.86 bits per heavy atom. The maximum atomic E-state index is 10.5. The monoisotopic (exact) mass is 204 g/mol. The van der Waals surface area contributed by atoms with Crippen LogP contribution in [0.3, 0.4) is 0 Å². The summed E-state index contributed by atoms with van der Waals surface area (Å²) in [7, 11) is 0. The van der Waals surface area contributed by atoms with Crippen molar-refractivity contribution in [1.82, 2.24) is 0 Å². The van der Waals surface area contributed by atoms with Gasteiger partial charge in [0.1, 0.15) is 0 Å². The predicted molar refractivity (Wildman–Crippen MR) is 44.6 cm³/mol. The second-order valence-corrected chi connectivity index (χ2v) is 2.76. The van der Waals surface area contributed by atoms with Gasteiger partial charge in [-0.25, -0.2) is 0 Å². The van der Waals surface area contributed by atoms with Crippen LogP contribution in [0.2, 0.25) is 0 Å². The molecule has 1 unspecified atom stereocenters. The van der Waals surface area contributed by atoms with E-state index in [9.17, 15) is 14.4 Å². The van der Waals surface area contributed by atoms with Crippen molar-refractivity contribution in [3.8, 4) is 0 Å². The molecule has 0 aromatic carbocycles. The molecule has 0 aromatic heterocycles. The number of hydrogen-bond acceptors (Lipinski definition) is 4. The third-order valence-electron chi connectivity index (χ3n) is 1.54. The normalized spacial score (nSPS) is 11.8. The first kappa shape index (κ1) is 12.4. The van der Waals surface area contributed by atoms with Gasteiger partial charge in [-0.15, -0.1) is 0 Å². The average molecular weight is 204 g/mol. The Morgan fingerprint density at radius 3 is 2.21 bits per heavy atom. The van der Waals surface area contributed by atoms with Gasteiger partial charge >= 0.3 is 17.9 Å². The lowest BCUT2D eigenvalue weighted by Crippen LogP contribution is -2.20. The number of rotatable bonds is 6. The van der Waals surface area contributed by atoms with E-state index >= 15 is 0 Å². The van der Waals surface area contributed by atoms with E-state index in [1.54, 1.807) is 0 Å². The van der Waals surface area contributed by atoms with E-state index in [1.165, 1.54) is 6.92 Å². The summed E-state index contributed by atoms with van der Waals surface area (Å²) < 4.78 is 4.51. The molecule has 0 aliphatic rings. The topological polar surface area (TPSA) is 101 Å². The van der Waals surface area contributed by atoms with Gasteiger partial charge in [-0.05, 0) is 6.42 Å². The fraction of sp³-hybridized carbons (Fsp3) is 0.625. The van der Waals surface area contributed by atoms with Gasteiger partial charge in [0.15, 0.2) is 0 Å². The summed E-state index contributed by atoms with van der Waals surface area (Å²) in [5, 5.41) is 17.0. The van der Waals surface area contributed by atoms with Gasteiger partial charge in [-0.2, -0.15) is 0 Å². The van der Waals surface area contributed by atoms with Crippen molar-refractivity contribution in [2.24, 2.45) is 5.92 Å². The number of esters is 1. The van der Waals surface area contributed by atoms with Crippen LogP contribution >= 0.6 is 0 Å². The van der Waals surface area contributed by atoms with Crippen molar-refractivity contribution in [3.05, 3.63) is 0 Å². The Balaban J connectivity index is 3.91. The zero-order chi connectivity index (χ0) is 11.1. The molecule has 0 spiro atoms. The Morgan fingerprint density at radius 1 is 1.29 bits per heavy atom. The molecule has 0 saturated carbocycles. The van der Waals surface area contributed by atoms with Crippen molar-refractivity contribution in [2.75, 3.05) is 6.61 Å². The second kappa shape index (κ2) is 5.95. The summed E-state index contributed by atoms with van der Waals surface area (Å²) in [5.74, 6) is -3.89. The molecule has 14 heavy (non-hydrogen) atoms. The van der Waals surface area contributed by atoms with Crippen LogP contribution in [0, 0.1) is 5.92 Å². The van der Waals surface area contributed by atoms with E-state index in [2.05, 4.69) is 4.74 Å². The van der Waals surface area contributed by atoms with Gasteiger partial charge in [-0.1, -0.05) is 0 Å². The van der Waals surface area contributed by atoms with Crippen molar-refractivity contribution >= 4 is 17.9 Å². The van der Waals surface area contributed by atoms with Gasteiger partial charge in [0, 0.05) is 6.92 Å². The van der Waals surface area contributed by atoms with Crippen LogP contribution in [0.5, 0.6) is 0 Å². The lowest BCUT2D eigenvalue weighted by molar-refractivity contribution is -0.150. The Hall–Kier alpha value is -1.59. The molecule has 0 fully saturated rings. The predicted octanol–water partition coefficient (Wildman–Crippen LogP) is 0.115. The molecule has 6 heteroatoms. The Labute approximate surface area is 80.5 Å². The van der Waals surface area contributed by atoms with Crippen LogP contribution in [-0.2, 0) is 19.1 Å². The van der Waals surface area contributed by atoms with Crippen molar-refractivity contribution < 1.29 is 29.3 Å². The molecule has 0 saturated heterocycles. The summed E-state index contributed by atoms with van der Waals surface area (Å²) in [5.41, 5.74) is 0. The highest BCUT2D eigenvalue weighted by Crippen LogP contribution is 2.09. The summed E-state index contributed by atoms with van der Waals surface area (Å²) in [6.45, 7) is 1.13. The quantitative estimate of drug-likeness (QED) is 0.595. The summed E-state index contributed by atoms with van der Waals surface area (Å²) in [6.07, 6.45) is -0.447. The van der Waals surface area contributed by atoms with E-state index in [0.717, 1.165) is 0 Å². The van der Waals surface area contributed by atoms with Crippen LogP contribution in [0.4, 0.5) is 0 Å². The molecule has 0 bridgehead atoms. The van der Waals surface area contributed by atoms with E-state index in [0.29, 0.717) is 0 Å². The second-order valence-electron chi connectivity index (χ2n) is 2.76. The van der Waals surface area contributed by atoms with Crippen molar-refractivity contribution in [3.63, 3.8) is 0 Å². The molecule has 1 atom stereocenters. The standard InChI is InChI=1S/C8H12O6/c1-5(9)14-3-2-6(8(12)13)4-7(10)11/h6H,2-4H2,1H3,(H,10,11)(H,12,13). The van der Waals surface area contributed by atoms with Crippen LogP contribution in [0.25, 0.3) is 0 Å². The molecule has 0 rings (SSSR count). The van der Waals surface area contributed by atoms with Gasteiger partial charge in [0.2, 0.25) is 0 Å². The number of carboxylic acids is 2. The van der Waals surface area contributed by atoms with E-state index in [4.69, 9.17) is 10.2 Å². The minimum atomic E-state index is -1.19. The number of carboxylic acid groups (broad SMARTS) is 2. The van der Waals surface area contributed by atoms with Crippen molar-refractivity contribution in [2.45, 2.75) is 19.8 Å². The van der Waals surface area contributed by atoms with E-state index in [1.807, 2.05) is 0 Å². The third kappa shape index (κ3) is 5.99. The van der Waals surface area contributed by atoms with Crippen LogP contribution in [0.15, 0.2) is 0 Å². The molecule has 0 aromatic rings. The first-order valence-corrected chi connectivity index (χ1v) is 4.01. The Bertz CT molecular complexity index is 234. The summed E-state index contributed by atoms with van der Waals surface area (Å²) in [4.78, 5) is 31.1. The fourth-order valence-corrected chi connectivity index (χ4v) is 0.869. The fourth-order valence-electron chi connectivity index (χ4n) is 0.869. The molecule has 80 valence electrons. The molecular weight excluding hydrogens is 192 g/mol. The SMILES string of the molecule is CC(=O)OCCC(CC(=O)O)C(=O)O. The van der Waals surface area contributed by atoms with Crippen LogP contribution < -0.4 is 0 Å². The van der Waals surface area contributed by atoms with Crippen LogP contribution in [0.1, 0.15) is 19.8 Å². The maximum absolute atomic E-state index is 10.5. The van der Waals surface area contributed by atoms with Crippen molar-refractivity contribution in [1.29, 1.82) is 0 Å². The highest BCUT2D eigenvalue weighted by molar-refractivity contribution is 5.77. The molecule has 0 aliphatic carbocycles. The molecular formula is C8H12O6. The highest BCUT2D eigenvalue weighted by Gasteiger charge is 2.20. The number of carbonyl (C=O) groups excluding carboxylic acids is 1. The minimum absolute atomic E-state index is 0.0151. The number of aliphatic carboxylic acids is 2. The average Bonchev–Trinajstić information content (AvgIpc) is 2.00.